The van der Waals surface area contributed by atoms with E-state index in [-0.39, 0.29) is 6.09 Å². The molecule has 0 aromatic carbocycles. The Kier molecular flexibility index (Phi) is 5.81. The maximum atomic E-state index is 12.3. The molecule has 1 aliphatic rings. The molecule has 0 saturated carbocycles. The number of amides is 1. The number of rotatable bonds is 3. The van der Waals surface area contributed by atoms with Gasteiger partial charge in [0, 0.05) is 30.6 Å². The summed E-state index contributed by atoms with van der Waals surface area (Å²) in [7, 11) is 0. The average Bonchev–Trinajstić information content (AvgIpc) is 2.69. The van der Waals surface area contributed by atoms with Gasteiger partial charge in [0.2, 0.25) is 0 Å². The van der Waals surface area contributed by atoms with E-state index in [4.69, 9.17) is 4.74 Å². The van der Waals surface area contributed by atoms with Crippen LogP contribution >= 0.6 is 11.3 Å². The third-order valence-electron chi connectivity index (χ3n) is 3.72. The highest BCUT2D eigenvalue weighted by Crippen LogP contribution is 2.17. The minimum absolute atomic E-state index is 0.199. The molecule has 0 bridgehead atoms. The molecule has 22 heavy (non-hydrogen) atoms. The van der Waals surface area contributed by atoms with Crippen LogP contribution in [-0.4, -0.2) is 40.7 Å². The molecule has 1 amide bonds. The number of ether oxygens (including phenoxy) is 1. The minimum Gasteiger partial charge on any atom is -0.444 e. The number of nitrogens with one attached hydrogen (secondary N) is 1. The quantitative estimate of drug-likeness (QED) is 0.926. The molecule has 1 N–H and O–H groups in total. The summed E-state index contributed by atoms with van der Waals surface area (Å²) in [4.78, 5) is 19.7. The van der Waals surface area contributed by atoms with Crippen LogP contribution in [0.2, 0.25) is 0 Å². The lowest BCUT2D eigenvalue weighted by molar-refractivity contribution is 0.0243. The van der Waals surface area contributed by atoms with Gasteiger partial charge in [0.25, 0.3) is 0 Å². The van der Waals surface area contributed by atoms with Crippen molar-refractivity contribution >= 4 is 17.4 Å². The lowest BCUT2D eigenvalue weighted by Crippen LogP contribution is -2.44. The first-order valence-electron chi connectivity index (χ1n) is 7.95. The van der Waals surface area contributed by atoms with Gasteiger partial charge in [0.1, 0.15) is 5.60 Å². The highest BCUT2D eigenvalue weighted by Gasteiger charge is 2.26. The molecule has 1 aromatic rings. The van der Waals surface area contributed by atoms with Crippen LogP contribution < -0.4 is 5.32 Å². The van der Waals surface area contributed by atoms with Crippen molar-refractivity contribution in [1.82, 2.24) is 15.2 Å². The Labute approximate surface area is 137 Å². The van der Waals surface area contributed by atoms with Crippen molar-refractivity contribution in [1.29, 1.82) is 0 Å². The van der Waals surface area contributed by atoms with Crippen LogP contribution in [0.1, 0.15) is 50.6 Å². The summed E-state index contributed by atoms with van der Waals surface area (Å²) >= 11 is 1.68. The number of carbonyl (C=O) groups excluding carboxylic acids is 1. The fourth-order valence-electron chi connectivity index (χ4n) is 2.53. The molecule has 0 spiro atoms. The smallest absolute Gasteiger partial charge is 0.410 e. The summed E-state index contributed by atoms with van der Waals surface area (Å²) in [5, 5.41) is 3.57. The monoisotopic (exact) mass is 325 g/mol. The Morgan fingerprint density at radius 3 is 2.91 bits per heavy atom. The summed E-state index contributed by atoms with van der Waals surface area (Å²) in [5.41, 5.74) is 2.54. The van der Waals surface area contributed by atoms with E-state index in [1.165, 1.54) is 4.88 Å². The molecule has 0 aliphatic carbocycles. The third kappa shape index (κ3) is 5.25. The summed E-state index contributed by atoms with van der Waals surface area (Å²) in [5.74, 6) is 0. The molecule has 1 unspecified atom stereocenters. The lowest BCUT2D eigenvalue weighted by Gasteiger charge is -2.28. The fourth-order valence-corrected chi connectivity index (χ4v) is 3.26. The van der Waals surface area contributed by atoms with E-state index in [0.717, 1.165) is 38.0 Å². The van der Waals surface area contributed by atoms with Crippen molar-refractivity contribution in [3.05, 3.63) is 16.1 Å². The topological polar surface area (TPSA) is 54.5 Å². The lowest BCUT2D eigenvalue weighted by atomic mass is 10.1. The van der Waals surface area contributed by atoms with Gasteiger partial charge in [-0.3, -0.25) is 0 Å². The van der Waals surface area contributed by atoms with Gasteiger partial charge in [-0.25, -0.2) is 9.78 Å². The van der Waals surface area contributed by atoms with Gasteiger partial charge < -0.3 is 15.0 Å². The van der Waals surface area contributed by atoms with Gasteiger partial charge >= 0.3 is 6.09 Å². The summed E-state index contributed by atoms with van der Waals surface area (Å²) in [6.07, 6.45) is 3.07. The van der Waals surface area contributed by atoms with Crippen LogP contribution in [0.15, 0.2) is 5.51 Å². The van der Waals surface area contributed by atoms with Crippen LogP contribution in [0.5, 0.6) is 0 Å². The molecule has 124 valence electrons. The van der Waals surface area contributed by atoms with E-state index in [0.29, 0.717) is 12.6 Å². The molecule has 2 heterocycles. The maximum Gasteiger partial charge on any atom is 0.410 e. The molecule has 1 fully saturated rings. The number of nitrogens with zero attached hydrogens (tertiary/aromatic N) is 2. The first kappa shape index (κ1) is 17.2. The number of hydrogen-bond donors (Lipinski definition) is 1. The number of thiazole rings is 1. The average molecular weight is 325 g/mol. The first-order valence-corrected chi connectivity index (χ1v) is 8.83. The van der Waals surface area contributed by atoms with Crippen molar-refractivity contribution in [3.8, 4) is 0 Å². The fraction of sp³-hybridized carbons (Fsp3) is 0.750. The largest absolute Gasteiger partial charge is 0.444 e. The van der Waals surface area contributed by atoms with E-state index < -0.39 is 5.60 Å². The molecule has 2 rings (SSSR count). The predicted molar refractivity (Wildman–Crippen MR) is 89.1 cm³/mol. The van der Waals surface area contributed by atoms with Crippen LogP contribution in [0, 0.1) is 6.92 Å². The van der Waals surface area contributed by atoms with E-state index in [1.54, 1.807) is 11.3 Å². The molecule has 1 atom stereocenters. The van der Waals surface area contributed by atoms with Crippen molar-refractivity contribution in [2.75, 3.05) is 13.1 Å². The maximum absolute atomic E-state index is 12.3. The number of aromatic nitrogens is 1. The Morgan fingerprint density at radius 1 is 1.50 bits per heavy atom. The van der Waals surface area contributed by atoms with Crippen LogP contribution in [0.25, 0.3) is 0 Å². The Morgan fingerprint density at radius 2 is 2.27 bits per heavy atom. The van der Waals surface area contributed by atoms with Crippen molar-refractivity contribution in [2.24, 2.45) is 0 Å². The number of likely N-dealkylation sites (tertiary alicyclic amines) is 1. The van der Waals surface area contributed by atoms with Crippen LogP contribution in [-0.2, 0) is 11.3 Å². The second kappa shape index (κ2) is 7.42. The molecule has 1 aliphatic heterocycles. The van der Waals surface area contributed by atoms with Gasteiger partial charge in [0.05, 0.1) is 11.2 Å². The summed E-state index contributed by atoms with van der Waals surface area (Å²) < 4.78 is 5.50. The minimum atomic E-state index is -0.438. The van der Waals surface area contributed by atoms with Gasteiger partial charge in [-0.2, -0.15) is 0 Å². The van der Waals surface area contributed by atoms with Crippen molar-refractivity contribution in [3.63, 3.8) is 0 Å². The number of carbonyl (C=O) groups is 1. The zero-order chi connectivity index (χ0) is 16.2. The Bertz CT molecular complexity index is 496. The number of hydrogen-bond acceptors (Lipinski definition) is 5. The molecule has 5 nitrogen and oxygen atoms in total. The Hall–Kier alpha value is -1.14. The highest BCUT2D eigenvalue weighted by atomic mass is 32.1. The highest BCUT2D eigenvalue weighted by molar-refractivity contribution is 7.09. The normalized spacial score (nSPS) is 19.8. The van der Waals surface area contributed by atoms with Gasteiger partial charge in [-0.05, 0) is 40.5 Å². The second-order valence-electron chi connectivity index (χ2n) is 6.86. The molecule has 1 aromatic heterocycles. The van der Waals surface area contributed by atoms with Crippen molar-refractivity contribution < 1.29 is 9.53 Å². The van der Waals surface area contributed by atoms with E-state index in [1.807, 2.05) is 38.1 Å². The second-order valence-corrected chi connectivity index (χ2v) is 7.80. The zero-order valence-electron chi connectivity index (χ0n) is 14.0. The summed E-state index contributed by atoms with van der Waals surface area (Å²) in [6, 6.07) is 0.316. The van der Waals surface area contributed by atoms with E-state index in [2.05, 4.69) is 10.3 Å². The summed E-state index contributed by atoms with van der Waals surface area (Å²) in [6.45, 7) is 10.1. The van der Waals surface area contributed by atoms with Crippen LogP contribution in [0.4, 0.5) is 4.79 Å². The van der Waals surface area contributed by atoms with Gasteiger partial charge in [-0.1, -0.05) is 6.42 Å². The molecule has 6 heteroatoms. The third-order valence-corrected chi connectivity index (χ3v) is 4.65. The standard InChI is InChI=1S/C16H27N3O2S/c1-12-14(22-11-18-12)9-17-13-7-5-6-8-19(10-13)15(20)21-16(2,3)4/h11,13,17H,5-10H2,1-4H3. The SMILES string of the molecule is Cc1ncsc1CNC1CCCCN(C(=O)OC(C)(C)C)C1. The number of aryl methyl sites for hydroxylation is 1. The van der Waals surface area contributed by atoms with E-state index in [9.17, 15) is 4.79 Å². The van der Waals surface area contributed by atoms with Gasteiger partial charge in [0.15, 0.2) is 0 Å². The predicted octanol–water partition coefficient (Wildman–Crippen LogP) is 3.33. The molecular weight excluding hydrogens is 298 g/mol. The Balaban J connectivity index is 1.89. The molecule has 0 radical (unpaired) electrons. The van der Waals surface area contributed by atoms with Crippen LogP contribution in [0.3, 0.4) is 0 Å². The van der Waals surface area contributed by atoms with Crippen molar-refractivity contribution in [2.45, 2.75) is 65.1 Å². The van der Waals surface area contributed by atoms with Gasteiger partial charge in [-0.15, -0.1) is 11.3 Å². The molecular formula is C16H27N3O2S. The molecule has 1 saturated heterocycles. The van der Waals surface area contributed by atoms with E-state index >= 15 is 0 Å². The first-order chi connectivity index (χ1) is 10.3. The zero-order valence-corrected chi connectivity index (χ0v) is 14.8.